The number of aryl methyl sites for hydroxylation is 2. The summed E-state index contributed by atoms with van der Waals surface area (Å²) in [5.74, 6) is 3.37. The number of benzene rings is 8. The fourth-order valence-corrected chi connectivity index (χ4v) is 12.9. The van der Waals surface area contributed by atoms with Gasteiger partial charge in [0.1, 0.15) is 24.0 Å². The lowest BCUT2D eigenvalue weighted by atomic mass is 9.96. The molecule has 2 aliphatic rings. The summed E-state index contributed by atoms with van der Waals surface area (Å²) in [6, 6.07) is 73.0. The minimum absolute atomic E-state index is 0. The number of piperazine rings is 2. The van der Waals surface area contributed by atoms with Crippen LogP contribution in [0.1, 0.15) is 71.1 Å². The molecular formula is C76H88N10O5. The number of methoxy groups -OCH3 is 2. The van der Waals surface area contributed by atoms with Gasteiger partial charge in [-0.1, -0.05) is 170 Å². The second-order valence-electron chi connectivity index (χ2n) is 23.2. The Hall–Kier alpha value is -9.22. The molecule has 91 heavy (non-hydrogen) atoms. The van der Waals surface area contributed by atoms with Crippen molar-refractivity contribution in [2.24, 2.45) is 21.5 Å². The van der Waals surface area contributed by atoms with Gasteiger partial charge < -0.3 is 45.1 Å². The van der Waals surface area contributed by atoms with Crippen LogP contribution >= 0.6 is 0 Å². The minimum Gasteiger partial charge on any atom is -0.495 e. The van der Waals surface area contributed by atoms with Gasteiger partial charge in [-0.05, 0) is 121 Å². The van der Waals surface area contributed by atoms with E-state index in [2.05, 4.69) is 175 Å². The molecule has 2 aliphatic heterocycles. The molecule has 15 nitrogen and oxygen atoms in total. The number of hydrogen-bond donors (Lipinski definition) is 2. The zero-order chi connectivity index (χ0) is 62.0. The van der Waals surface area contributed by atoms with Crippen LogP contribution in [0, 0.1) is 0 Å². The van der Waals surface area contributed by atoms with E-state index in [0.29, 0.717) is 47.3 Å². The average molecular weight is 1220 g/mol. The van der Waals surface area contributed by atoms with E-state index in [0.717, 1.165) is 137 Å². The second-order valence-corrected chi connectivity index (χ2v) is 23.2. The molecule has 0 saturated carbocycles. The molecule has 12 rings (SSSR count). The molecular weight excluding hydrogens is 1130 g/mol. The predicted molar refractivity (Wildman–Crippen MR) is 373 cm³/mol. The van der Waals surface area contributed by atoms with Crippen LogP contribution in [0.5, 0.6) is 11.5 Å². The third-order valence-electron chi connectivity index (χ3n) is 17.7. The smallest absolute Gasteiger partial charge is 0.214 e. The van der Waals surface area contributed by atoms with Crippen LogP contribution in [0.3, 0.4) is 0 Å². The van der Waals surface area contributed by atoms with Gasteiger partial charge in [0.25, 0.3) is 0 Å². The van der Waals surface area contributed by atoms with Crippen LogP contribution in [0.4, 0.5) is 23.1 Å². The summed E-state index contributed by atoms with van der Waals surface area (Å²) in [5, 5.41) is 3.95. The molecule has 2 fully saturated rings. The first kappa shape index (κ1) is 64.8. The Labute approximate surface area is 536 Å². The van der Waals surface area contributed by atoms with Gasteiger partial charge in [0.2, 0.25) is 23.7 Å². The van der Waals surface area contributed by atoms with Gasteiger partial charge in [-0.3, -0.25) is 19.8 Å². The van der Waals surface area contributed by atoms with Gasteiger partial charge in [-0.2, -0.15) is 0 Å². The summed E-state index contributed by atoms with van der Waals surface area (Å²) in [7, 11) is 6.73. The first-order valence-electron chi connectivity index (χ1n) is 31.8. The zero-order valence-electron chi connectivity index (χ0n) is 53.1. The maximum absolute atomic E-state index is 6.46. The van der Waals surface area contributed by atoms with Gasteiger partial charge in [0.05, 0.1) is 37.7 Å². The van der Waals surface area contributed by atoms with E-state index in [1.807, 2.05) is 70.5 Å². The molecule has 0 atom stereocenters. The number of anilines is 4. The van der Waals surface area contributed by atoms with Crippen LogP contribution in [-0.2, 0) is 12.8 Å². The van der Waals surface area contributed by atoms with Crippen molar-refractivity contribution < 1.29 is 23.8 Å². The van der Waals surface area contributed by atoms with Crippen LogP contribution in [0.2, 0.25) is 0 Å². The molecule has 472 valence electrons. The SMILES string of the molecule is CN=C(N)N(c1cc(CCCCN2CCN(C(c3ccccc3)c3ccccc3)CC2)ccc1OC)c1occ2ccccc12.CN=C(N)N(c1cc(CCCCN2CCN(C(c3ccccc3)c3ccccc3)CC2)ccc1OC)c1occ2ccccc12.O. The number of rotatable bonds is 22. The Balaban J connectivity index is 0.000000198. The normalized spacial score (nSPS) is 14.5. The molecule has 6 N–H and O–H groups in total. The first-order chi connectivity index (χ1) is 44.3. The molecule has 8 aromatic carbocycles. The fourth-order valence-electron chi connectivity index (χ4n) is 12.9. The first-order valence-corrected chi connectivity index (χ1v) is 31.8. The molecule has 0 amide bonds. The van der Waals surface area contributed by atoms with Crippen molar-refractivity contribution in [2.45, 2.75) is 50.6 Å². The van der Waals surface area contributed by atoms with Crippen molar-refractivity contribution in [1.82, 2.24) is 19.6 Å². The number of guanidine groups is 2. The number of ether oxygens (including phenoxy) is 2. The number of aliphatic imine (C=N–C) groups is 2. The van der Waals surface area contributed by atoms with Crippen LogP contribution in [0.25, 0.3) is 21.5 Å². The number of unbranched alkanes of at least 4 members (excludes halogenated alkanes) is 2. The van der Waals surface area contributed by atoms with Crippen molar-refractivity contribution in [3.8, 4) is 11.5 Å². The van der Waals surface area contributed by atoms with E-state index < -0.39 is 0 Å². The van der Waals surface area contributed by atoms with E-state index in [4.69, 9.17) is 29.8 Å². The second kappa shape index (κ2) is 32.0. The van der Waals surface area contributed by atoms with Crippen LogP contribution in [-0.4, -0.2) is 131 Å². The van der Waals surface area contributed by atoms with E-state index in [1.165, 1.54) is 33.4 Å². The minimum atomic E-state index is 0. The molecule has 0 bridgehead atoms. The third-order valence-corrected chi connectivity index (χ3v) is 17.7. The standard InChI is InChI=1S/2C38H43N5O2.H2O/c2*1-40-38(39)43(37-33-19-10-9-18-32(33)28-45-37)34-27-29(20-21-35(34)44-2)13-11-12-22-41-23-25-42(26-24-41)36(30-14-5-3-6-15-30)31-16-7-4-8-17-31;/h2*3-10,14-21,27-28,36H,11-13,22-26H2,1-2H3,(H2,39,40);1H2. The Bertz CT molecular complexity index is 3570. The summed E-state index contributed by atoms with van der Waals surface area (Å²) < 4.78 is 23.6. The molecule has 0 spiro atoms. The monoisotopic (exact) mass is 1220 g/mol. The number of hydrogen-bond acceptors (Lipinski definition) is 10. The molecule has 10 aromatic rings. The number of furan rings is 2. The number of nitrogens with two attached hydrogens (primary N) is 2. The lowest BCUT2D eigenvalue weighted by Crippen LogP contribution is -2.48. The van der Waals surface area contributed by atoms with Gasteiger partial charge in [-0.25, -0.2) is 9.80 Å². The van der Waals surface area contributed by atoms with Crippen molar-refractivity contribution >= 4 is 56.6 Å². The van der Waals surface area contributed by atoms with E-state index in [9.17, 15) is 0 Å². The Morgan fingerprint density at radius 2 is 0.769 bits per heavy atom. The summed E-state index contributed by atoms with van der Waals surface area (Å²) in [4.78, 5) is 22.8. The quantitative estimate of drug-likeness (QED) is 0.0374. The average Bonchev–Trinajstić information content (AvgIpc) is 1.87. The Morgan fingerprint density at radius 1 is 0.440 bits per heavy atom. The molecule has 0 radical (unpaired) electrons. The van der Waals surface area contributed by atoms with Gasteiger partial charge in [-0.15, -0.1) is 0 Å². The summed E-state index contributed by atoms with van der Waals surface area (Å²) >= 11 is 0. The highest BCUT2D eigenvalue weighted by Gasteiger charge is 2.30. The highest BCUT2D eigenvalue weighted by molar-refractivity contribution is 6.09. The highest BCUT2D eigenvalue weighted by atomic mass is 16.5. The van der Waals surface area contributed by atoms with E-state index in [-0.39, 0.29) is 5.48 Å². The lowest BCUT2D eigenvalue weighted by Gasteiger charge is -2.40. The zero-order valence-corrected chi connectivity index (χ0v) is 53.1. The third kappa shape index (κ3) is 15.7. The molecule has 2 aromatic heterocycles. The molecule has 15 heteroatoms. The largest absolute Gasteiger partial charge is 0.495 e. The topological polar surface area (TPSA) is 172 Å². The number of fused-ring (bicyclic) bond motifs is 2. The van der Waals surface area contributed by atoms with Crippen molar-refractivity contribution in [2.75, 3.05) is 104 Å². The van der Waals surface area contributed by atoms with Gasteiger partial charge >= 0.3 is 0 Å². The maximum atomic E-state index is 6.46. The van der Waals surface area contributed by atoms with Crippen molar-refractivity contribution in [3.05, 3.63) is 252 Å². The highest BCUT2D eigenvalue weighted by Crippen LogP contribution is 2.42. The molecule has 0 unspecified atom stereocenters. The summed E-state index contributed by atoms with van der Waals surface area (Å²) in [6.45, 7) is 10.8. The Kier molecular flexibility index (Phi) is 22.8. The van der Waals surface area contributed by atoms with Gasteiger partial charge in [0, 0.05) is 88.0 Å². The maximum Gasteiger partial charge on any atom is 0.214 e. The molecule has 4 heterocycles. The Morgan fingerprint density at radius 3 is 1.10 bits per heavy atom. The number of nitrogens with zero attached hydrogens (tertiary/aromatic N) is 8. The van der Waals surface area contributed by atoms with E-state index >= 15 is 0 Å². The molecule has 2 saturated heterocycles. The summed E-state index contributed by atoms with van der Waals surface area (Å²) in [5.41, 5.74) is 22.5. The van der Waals surface area contributed by atoms with Crippen LogP contribution < -0.4 is 30.7 Å². The summed E-state index contributed by atoms with van der Waals surface area (Å²) in [6.07, 6.45) is 9.93. The molecule has 0 aliphatic carbocycles. The predicted octanol–water partition coefficient (Wildman–Crippen LogP) is 13.7. The van der Waals surface area contributed by atoms with E-state index in [1.54, 1.807) is 40.8 Å². The fraction of sp³-hybridized carbons (Fsp3) is 0.289. The lowest BCUT2D eigenvalue weighted by molar-refractivity contribution is 0.108. The van der Waals surface area contributed by atoms with Gasteiger partial charge in [0.15, 0.2) is 0 Å². The van der Waals surface area contributed by atoms with Crippen LogP contribution in [0.15, 0.2) is 238 Å². The van der Waals surface area contributed by atoms with Crippen molar-refractivity contribution in [3.63, 3.8) is 0 Å². The van der Waals surface area contributed by atoms with Crippen molar-refractivity contribution in [1.29, 1.82) is 0 Å².